The van der Waals surface area contributed by atoms with Crippen LogP contribution in [0.1, 0.15) is 27.7 Å². The average molecular weight is 358 g/mol. The smallest absolute Gasteiger partial charge is 0.418 e. The highest BCUT2D eigenvalue weighted by Gasteiger charge is 2.18. The summed E-state index contributed by atoms with van der Waals surface area (Å²) in [5.41, 5.74) is 0.402. The molecular formula is C21H30N2O3. The Labute approximate surface area is 156 Å². The fourth-order valence-corrected chi connectivity index (χ4v) is 2.59. The van der Waals surface area contributed by atoms with Crippen molar-refractivity contribution < 1.29 is 14.3 Å². The minimum Gasteiger partial charge on any atom is -0.443 e. The number of ether oxygens (including phenoxy) is 2. The molecule has 0 saturated carbocycles. The molecular weight excluding hydrogens is 328 g/mol. The molecule has 2 heterocycles. The van der Waals surface area contributed by atoms with E-state index < -0.39 is 5.60 Å². The number of hydrogen-bond acceptors (Lipinski definition) is 4. The Balaban J connectivity index is 0.000000209. The zero-order valence-electron chi connectivity index (χ0n) is 16.3. The lowest BCUT2D eigenvalue weighted by Gasteiger charge is -2.24. The van der Waals surface area contributed by atoms with E-state index in [4.69, 9.17) is 9.47 Å². The van der Waals surface area contributed by atoms with Crippen LogP contribution in [-0.2, 0) is 9.47 Å². The van der Waals surface area contributed by atoms with Gasteiger partial charge in [0.15, 0.2) is 0 Å². The molecule has 2 aromatic rings. The number of para-hydroxylation sites is 1. The van der Waals surface area contributed by atoms with Crippen LogP contribution < -0.4 is 0 Å². The largest absolute Gasteiger partial charge is 0.443 e. The molecule has 1 aromatic carbocycles. The average Bonchev–Trinajstić information content (AvgIpc) is 3.04. The van der Waals surface area contributed by atoms with Gasteiger partial charge in [-0.15, -0.1) is 0 Å². The predicted octanol–water partition coefficient (Wildman–Crippen LogP) is 4.32. The molecule has 0 atom stereocenters. The summed E-state index contributed by atoms with van der Waals surface area (Å²) in [6, 6.07) is 9.62. The molecule has 0 bridgehead atoms. The molecule has 142 valence electrons. The summed E-state index contributed by atoms with van der Waals surface area (Å²) in [6.07, 6.45) is 5.67. The van der Waals surface area contributed by atoms with Gasteiger partial charge in [0.2, 0.25) is 0 Å². The Hall–Kier alpha value is -2.11. The van der Waals surface area contributed by atoms with Crippen molar-refractivity contribution in [1.29, 1.82) is 0 Å². The summed E-state index contributed by atoms with van der Waals surface area (Å²) >= 11 is 0. The van der Waals surface area contributed by atoms with E-state index in [1.807, 2.05) is 51.1 Å². The maximum absolute atomic E-state index is 11.9. The number of carbonyl (C=O) groups is 1. The van der Waals surface area contributed by atoms with E-state index in [1.54, 1.807) is 6.20 Å². The van der Waals surface area contributed by atoms with E-state index >= 15 is 0 Å². The van der Waals surface area contributed by atoms with E-state index in [-0.39, 0.29) is 6.09 Å². The van der Waals surface area contributed by atoms with Gasteiger partial charge in [-0.1, -0.05) is 30.4 Å². The molecule has 1 aliphatic heterocycles. The van der Waals surface area contributed by atoms with E-state index in [1.165, 1.54) is 4.57 Å². The highest BCUT2D eigenvalue weighted by Crippen LogP contribution is 2.17. The fourth-order valence-electron chi connectivity index (χ4n) is 2.59. The lowest BCUT2D eigenvalue weighted by molar-refractivity contribution is 0.0434. The van der Waals surface area contributed by atoms with Crippen molar-refractivity contribution in [1.82, 2.24) is 9.47 Å². The quantitative estimate of drug-likeness (QED) is 0.750. The van der Waals surface area contributed by atoms with Gasteiger partial charge in [-0.05, 0) is 39.8 Å². The second-order valence-electron chi connectivity index (χ2n) is 7.21. The maximum Gasteiger partial charge on any atom is 0.418 e. The van der Waals surface area contributed by atoms with Gasteiger partial charge in [0.25, 0.3) is 0 Å². The Morgan fingerprint density at radius 2 is 1.88 bits per heavy atom. The number of nitrogens with zero attached hydrogens (tertiary/aromatic N) is 2. The Kier molecular flexibility index (Phi) is 7.42. The minimum atomic E-state index is -0.470. The van der Waals surface area contributed by atoms with E-state index in [2.05, 4.69) is 24.0 Å². The minimum absolute atomic E-state index is 0.339. The van der Waals surface area contributed by atoms with Crippen LogP contribution in [-0.4, -0.2) is 54.0 Å². The molecule has 0 N–H and O–H groups in total. The molecule has 1 saturated heterocycles. The standard InChI is InChI=1S/C13H15NO2.C8H15NO/c1-13(2,3)16-12(15)14-9-8-10-6-4-5-7-11(10)14;1-2-3-4-9-5-7-10-8-6-9/h4-9H,1-3H3;2-3H,4-8H2,1H3/b;3-2+. The van der Waals surface area contributed by atoms with Crippen molar-refractivity contribution >= 4 is 17.0 Å². The van der Waals surface area contributed by atoms with Gasteiger partial charge < -0.3 is 9.47 Å². The van der Waals surface area contributed by atoms with Crippen molar-refractivity contribution in [2.45, 2.75) is 33.3 Å². The number of fused-ring (bicyclic) bond motifs is 1. The number of benzene rings is 1. The third-order valence-corrected chi connectivity index (χ3v) is 3.89. The van der Waals surface area contributed by atoms with Crippen LogP contribution in [0.2, 0.25) is 0 Å². The van der Waals surface area contributed by atoms with Crippen LogP contribution in [0.5, 0.6) is 0 Å². The highest BCUT2D eigenvalue weighted by molar-refractivity contribution is 5.89. The number of allylic oxidation sites excluding steroid dienone is 1. The third kappa shape index (κ3) is 6.32. The van der Waals surface area contributed by atoms with Crippen LogP contribution in [0.25, 0.3) is 10.9 Å². The lowest BCUT2D eigenvalue weighted by atomic mass is 10.2. The van der Waals surface area contributed by atoms with E-state index in [9.17, 15) is 4.79 Å². The van der Waals surface area contributed by atoms with Crippen molar-refractivity contribution in [3.63, 3.8) is 0 Å². The fraction of sp³-hybridized carbons (Fsp3) is 0.476. The molecule has 0 unspecified atom stereocenters. The summed E-state index contributed by atoms with van der Waals surface area (Å²) in [5, 5.41) is 1.04. The highest BCUT2D eigenvalue weighted by atomic mass is 16.6. The molecule has 3 rings (SSSR count). The number of rotatable bonds is 2. The number of hydrogen-bond donors (Lipinski definition) is 0. The molecule has 5 heteroatoms. The summed E-state index contributed by atoms with van der Waals surface area (Å²) in [7, 11) is 0. The maximum atomic E-state index is 11.9. The van der Waals surface area contributed by atoms with Gasteiger partial charge in [-0.2, -0.15) is 0 Å². The van der Waals surface area contributed by atoms with Gasteiger partial charge >= 0.3 is 6.09 Å². The first-order chi connectivity index (χ1) is 12.4. The van der Waals surface area contributed by atoms with Crippen molar-refractivity contribution in [2.75, 3.05) is 32.8 Å². The molecule has 0 radical (unpaired) electrons. The van der Waals surface area contributed by atoms with Crippen LogP contribution in [0.4, 0.5) is 4.79 Å². The monoisotopic (exact) mass is 358 g/mol. The van der Waals surface area contributed by atoms with Crippen LogP contribution >= 0.6 is 0 Å². The van der Waals surface area contributed by atoms with Gasteiger partial charge in [0, 0.05) is 31.2 Å². The van der Waals surface area contributed by atoms with Crippen molar-refractivity contribution in [3.05, 3.63) is 48.7 Å². The topological polar surface area (TPSA) is 43.7 Å². The predicted molar refractivity (Wildman–Crippen MR) is 106 cm³/mol. The number of aromatic nitrogens is 1. The first kappa shape index (κ1) is 20.2. The molecule has 0 amide bonds. The van der Waals surface area contributed by atoms with E-state index in [0.717, 1.165) is 43.8 Å². The SMILES string of the molecule is C/C=C/CN1CCOCC1.CC(C)(C)OC(=O)n1ccc2ccccc21. The molecule has 0 spiro atoms. The van der Waals surface area contributed by atoms with E-state index in [0.29, 0.717) is 0 Å². The molecule has 1 fully saturated rings. The summed E-state index contributed by atoms with van der Waals surface area (Å²) in [5.74, 6) is 0. The first-order valence-corrected chi connectivity index (χ1v) is 9.11. The van der Waals surface area contributed by atoms with Gasteiger partial charge in [-0.25, -0.2) is 4.79 Å². The zero-order valence-corrected chi connectivity index (χ0v) is 16.3. The second-order valence-corrected chi connectivity index (χ2v) is 7.21. The van der Waals surface area contributed by atoms with Gasteiger partial charge in [0.1, 0.15) is 5.60 Å². The van der Waals surface area contributed by atoms with Crippen LogP contribution in [0.15, 0.2) is 48.7 Å². The molecule has 0 aliphatic carbocycles. The van der Waals surface area contributed by atoms with Crippen molar-refractivity contribution in [2.24, 2.45) is 0 Å². The van der Waals surface area contributed by atoms with Crippen LogP contribution in [0.3, 0.4) is 0 Å². The lowest BCUT2D eigenvalue weighted by Crippen LogP contribution is -2.36. The third-order valence-electron chi connectivity index (χ3n) is 3.89. The first-order valence-electron chi connectivity index (χ1n) is 9.11. The Bertz CT molecular complexity index is 722. The Morgan fingerprint density at radius 3 is 2.54 bits per heavy atom. The van der Waals surface area contributed by atoms with Gasteiger partial charge in [0.05, 0.1) is 18.7 Å². The Morgan fingerprint density at radius 1 is 1.19 bits per heavy atom. The second kappa shape index (κ2) is 9.55. The number of morpholine rings is 1. The number of carbonyl (C=O) groups excluding carboxylic acids is 1. The zero-order chi connectivity index (χ0) is 19.0. The molecule has 5 nitrogen and oxygen atoms in total. The van der Waals surface area contributed by atoms with Crippen molar-refractivity contribution in [3.8, 4) is 0 Å². The molecule has 1 aromatic heterocycles. The summed E-state index contributed by atoms with van der Waals surface area (Å²) in [6.45, 7) is 12.7. The molecule has 26 heavy (non-hydrogen) atoms. The summed E-state index contributed by atoms with van der Waals surface area (Å²) < 4.78 is 12.1. The normalized spacial score (nSPS) is 15.7. The summed E-state index contributed by atoms with van der Waals surface area (Å²) in [4.78, 5) is 14.3. The molecule has 1 aliphatic rings. The van der Waals surface area contributed by atoms with Crippen LogP contribution in [0, 0.1) is 0 Å². The van der Waals surface area contributed by atoms with Gasteiger partial charge in [-0.3, -0.25) is 9.47 Å².